The molecule has 8 nitrogen and oxygen atoms in total. The molecular weight excluding hydrogens is 490 g/mol. The van der Waals surface area contributed by atoms with E-state index in [-0.39, 0.29) is 18.1 Å². The first-order valence-corrected chi connectivity index (χ1v) is 13.9. The van der Waals surface area contributed by atoms with Crippen LogP contribution in [0.1, 0.15) is 45.8 Å². The molecule has 0 bridgehead atoms. The summed E-state index contributed by atoms with van der Waals surface area (Å²) in [5, 5.41) is 15.8. The number of piperidine rings is 1. The van der Waals surface area contributed by atoms with Crippen molar-refractivity contribution in [3.05, 3.63) is 101 Å². The lowest BCUT2D eigenvalue weighted by molar-refractivity contribution is -0.138. The zero-order valence-corrected chi connectivity index (χ0v) is 21.2. The van der Waals surface area contributed by atoms with Gasteiger partial charge in [0.15, 0.2) is 0 Å². The van der Waals surface area contributed by atoms with Crippen LogP contribution in [-0.4, -0.2) is 44.5 Å². The fourth-order valence-corrected chi connectivity index (χ4v) is 5.79. The molecule has 1 aliphatic heterocycles. The Labute approximate surface area is 217 Å². The molecule has 1 amide bonds. The second-order valence-corrected chi connectivity index (χ2v) is 11.0. The number of anilines is 1. The van der Waals surface area contributed by atoms with Gasteiger partial charge < -0.3 is 15.7 Å². The first-order valence-electron chi connectivity index (χ1n) is 12.3. The fraction of sp³-hybridized carbons (Fsp3) is 0.286. The summed E-state index contributed by atoms with van der Waals surface area (Å²) in [6, 6.07) is 21.7. The molecule has 37 heavy (non-hydrogen) atoms. The van der Waals surface area contributed by atoms with Crippen LogP contribution in [0.5, 0.6) is 0 Å². The molecule has 194 valence electrons. The van der Waals surface area contributed by atoms with E-state index in [0.29, 0.717) is 28.3 Å². The molecular formula is C28H31N3O5S. The minimum atomic E-state index is -3.86. The van der Waals surface area contributed by atoms with Gasteiger partial charge in [0.1, 0.15) is 6.04 Å². The predicted molar refractivity (Wildman–Crippen MR) is 143 cm³/mol. The van der Waals surface area contributed by atoms with Crippen molar-refractivity contribution in [2.45, 2.75) is 37.0 Å². The number of benzene rings is 3. The number of aliphatic carboxylic acids is 1. The van der Waals surface area contributed by atoms with Crippen molar-refractivity contribution in [2.75, 3.05) is 18.4 Å². The number of carbonyl (C=O) groups is 2. The molecule has 0 aromatic heterocycles. The number of hydrogen-bond acceptors (Lipinski definition) is 5. The summed E-state index contributed by atoms with van der Waals surface area (Å²) >= 11 is 0. The van der Waals surface area contributed by atoms with Crippen LogP contribution in [0.25, 0.3) is 0 Å². The molecule has 1 heterocycles. The van der Waals surface area contributed by atoms with E-state index < -0.39 is 22.0 Å². The minimum absolute atomic E-state index is 0.0320. The van der Waals surface area contributed by atoms with Gasteiger partial charge in [-0.15, -0.1) is 0 Å². The molecule has 0 aliphatic carbocycles. The quantitative estimate of drug-likeness (QED) is 0.324. The average Bonchev–Trinajstić information content (AvgIpc) is 2.90. The number of carboxylic acid groups (broad SMARTS) is 1. The number of amides is 1. The van der Waals surface area contributed by atoms with E-state index in [2.05, 4.69) is 15.4 Å². The highest BCUT2D eigenvalue weighted by molar-refractivity contribution is 7.88. The van der Waals surface area contributed by atoms with Crippen LogP contribution in [0.2, 0.25) is 0 Å². The lowest BCUT2D eigenvalue weighted by atomic mass is 9.90. The Kier molecular flexibility index (Phi) is 8.70. The Balaban J connectivity index is 1.34. The zero-order chi connectivity index (χ0) is 26.3. The number of carboxylic acids is 1. The van der Waals surface area contributed by atoms with E-state index in [1.54, 1.807) is 54.6 Å². The number of nitrogens with one attached hydrogen (secondary N) is 3. The molecule has 1 unspecified atom stereocenters. The van der Waals surface area contributed by atoms with Crippen molar-refractivity contribution in [3.8, 4) is 0 Å². The summed E-state index contributed by atoms with van der Waals surface area (Å²) in [5.74, 6) is -1.28. The number of carbonyl (C=O) groups excluding carboxylic acids is 1. The van der Waals surface area contributed by atoms with Crippen LogP contribution in [0.4, 0.5) is 5.69 Å². The van der Waals surface area contributed by atoms with E-state index >= 15 is 0 Å². The molecule has 9 heteroatoms. The van der Waals surface area contributed by atoms with Gasteiger partial charge in [0.2, 0.25) is 10.0 Å². The molecule has 4 N–H and O–H groups in total. The number of rotatable bonds is 10. The van der Waals surface area contributed by atoms with Gasteiger partial charge in [-0.2, -0.15) is 0 Å². The predicted octanol–water partition coefficient (Wildman–Crippen LogP) is 3.52. The monoisotopic (exact) mass is 521 g/mol. The Morgan fingerprint density at radius 1 is 0.892 bits per heavy atom. The van der Waals surface area contributed by atoms with Gasteiger partial charge in [0, 0.05) is 11.3 Å². The van der Waals surface area contributed by atoms with Crippen LogP contribution in [-0.2, 0) is 27.0 Å². The Morgan fingerprint density at radius 3 is 2.16 bits per heavy atom. The minimum Gasteiger partial charge on any atom is -0.480 e. The first kappa shape index (κ1) is 26.5. The summed E-state index contributed by atoms with van der Waals surface area (Å²) in [7, 11) is -3.86. The molecule has 0 spiro atoms. The van der Waals surface area contributed by atoms with Crippen molar-refractivity contribution in [1.82, 2.24) is 10.0 Å². The van der Waals surface area contributed by atoms with Crippen LogP contribution < -0.4 is 15.4 Å². The Bertz CT molecular complexity index is 1300. The van der Waals surface area contributed by atoms with Crippen molar-refractivity contribution in [2.24, 2.45) is 0 Å². The first-order chi connectivity index (χ1) is 17.8. The smallest absolute Gasteiger partial charge is 0.322 e. The van der Waals surface area contributed by atoms with E-state index in [9.17, 15) is 23.1 Å². The largest absolute Gasteiger partial charge is 0.480 e. The second kappa shape index (κ2) is 12.1. The van der Waals surface area contributed by atoms with Gasteiger partial charge >= 0.3 is 5.97 Å². The van der Waals surface area contributed by atoms with Crippen LogP contribution in [0.15, 0.2) is 78.9 Å². The maximum atomic E-state index is 12.7. The summed E-state index contributed by atoms with van der Waals surface area (Å²) < 4.78 is 27.3. The number of hydrogen-bond donors (Lipinski definition) is 4. The van der Waals surface area contributed by atoms with Crippen LogP contribution in [0.3, 0.4) is 0 Å². The third-order valence-electron chi connectivity index (χ3n) is 6.45. The van der Waals surface area contributed by atoms with E-state index in [1.165, 1.54) is 5.56 Å². The molecule has 0 saturated carbocycles. The summed E-state index contributed by atoms with van der Waals surface area (Å²) in [5.41, 5.74) is 3.56. The van der Waals surface area contributed by atoms with E-state index in [4.69, 9.17) is 0 Å². The summed E-state index contributed by atoms with van der Waals surface area (Å²) in [4.78, 5) is 24.4. The molecule has 3 aromatic rings. The van der Waals surface area contributed by atoms with Gasteiger partial charge in [0.05, 0.1) is 5.75 Å². The van der Waals surface area contributed by atoms with Crippen molar-refractivity contribution < 1.29 is 23.1 Å². The van der Waals surface area contributed by atoms with E-state index in [1.807, 2.05) is 24.3 Å². The Hall–Kier alpha value is -3.53. The normalized spacial score (nSPS) is 15.1. The zero-order valence-electron chi connectivity index (χ0n) is 20.4. The summed E-state index contributed by atoms with van der Waals surface area (Å²) in [6.45, 7) is 2.02. The van der Waals surface area contributed by atoms with Crippen molar-refractivity contribution in [3.63, 3.8) is 0 Å². The van der Waals surface area contributed by atoms with Crippen molar-refractivity contribution >= 4 is 27.6 Å². The molecule has 3 aromatic carbocycles. The van der Waals surface area contributed by atoms with Crippen molar-refractivity contribution in [1.29, 1.82) is 0 Å². The number of sulfonamides is 1. The van der Waals surface area contributed by atoms with Gasteiger partial charge in [-0.1, -0.05) is 54.6 Å². The second-order valence-electron chi connectivity index (χ2n) is 9.25. The molecule has 1 aliphatic rings. The highest BCUT2D eigenvalue weighted by Crippen LogP contribution is 2.25. The summed E-state index contributed by atoms with van der Waals surface area (Å²) in [6.07, 6.45) is 2.15. The molecule has 1 atom stereocenters. The van der Waals surface area contributed by atoms with Crippen LogP contribution >= 0.6 is 0 Å². The lowest BCUT2D eigenvalue weighted by Gasteiger charge is -2.23. The molecule has 0 radical (unpaired) electrons. The Morgan fingerprint density at radius 2 is 1.54 bits per heavy atom. The SMILES string of the molecule is O=C(Nc1ccc(CC(NS(=O)(=O)Cc2ccccc2)C(=O)O)cc1)c1ccc(C2CCNCC2)cc1. The molecule has 1 saturated heterocycles. The standard InChI is InChI=1S/C28H31N3O5S/c32-27(24-10-8-22(9-11-24)23-14-16-29-17-15-23)30-25-12-6-20(7-13-25)18-26(28(33)34)31-37(35,36)19-21-4-2-1-3-5-21/h1-13,23,26,29,31H,14-19H2,(H,30,32)(H,33,34). The maximum Gasteiger partial charge on any atom is 0.322 e. The van der Waals surface area contributed by atoms with Gasteiger partial charge in [0.25, 0.3) is 5.91 Å². The highest BCUT2D eigenvalue weighted by Gasteiger charge is 2.24. The highest BCUT2D eigenvalue weighted by atomic mass is 32.2. The van der Waals surface area contributed by atoms with E-state index in [0.717, 1.165) is 25.9 Å². The molecule has 4 rings (SSSR count). The topological polar surface area (TPSA) is 125 Å². The third kappa shape index (κ3) is 7.72. The maximum absolute atomic E-state index is 12.7. The van der Waals surface area contributed by atoms with Gasteiger partial charge in [-0.05, 0) is 79.2 Å². The molecule has 1 fully saturated rings. The fourth-order valence-electron chi connectivity index (χ4n) is 4.46. The lowest BCUT2D eigenvalue weighted by Crippen LogP contribution is -2.42. The average molecular weight is 522 g/mol. The van der Waals surface area contributed by atoms with Gasteiger partial charge in [-0.3, -0.25) is 9.59 Å². The third-order valence-corrected chi connectivity index (χ3v) is 7.81. The van der Waals surface area contributed by atoms with Gasteiger partial charge in [-0.25, -0.2) is 13.1 Å². The van der Waals surface area contributed by atoms with Crippen LogP contribution in [0, 0.1) is 0 Å².